The second-order valence-electron chi connectivity index (χ2n) is 4.25. The summed E-state index contributed by atoms with van der Waals surface area (Å²) in [5.74, 6) is -0.350. The number of nitrogens with zero attached hydrogens (tertiary/aromatic N) is 1. The van der Waals surface area contributed by atoms with E-state index < -0.39 is 6.03 Å². The number of nitrogens with one attached hydrogen (secondary N) is 1. The topological polar surface area (TPSA) is 75.4 Å². The number of benzene rings is 1. The van der Waals surface area contributed by atoms with E-state index in [-0.39, 0.29) is 12.3 Å². The van der Waals surface area contributed by atoms with Crippen LogP contribution in [0.15, 0.2) is 29.2 Å². The summed E-state index contributed by atoms with van der Waals surface area (Å²) in [7, 11) is 1.93. The predicted molar refractivity (Wildman–Crippen MR) is 76.9 cm³/mol. The molecular weight excluding hydrogens is 262 g/mol. The number of carbonyl (C=O) groups is 2. The molecule has 0 spiro atoms. The van der Waals surface area contributed by atoms with Crippen LogP contribution in [0, 0.1) is 0 Å². The van der Waals surface area contributed by atoms with Crippen LogP contribution in [0.1, 0.15) is 12.0 Å². The predicted octanol–water partition coefficient (Wildman–Crippen LogP) is 1.43. The molecule has 0 aliphatic carbocycles. The Balaban J connectivity index is 2.35. The molecule has 0 radical (unpaired) electrons. The maximum atomic E-state index is 11.3. The van der Waals surface area contributed by atoms with Gasteiger partial charge in [0.2, 0.25) is 5.91 Å². The lowest BCUT2D eigenvalue weighted by Gasteiger charge is -2.16. The van der Waals surface area contributed by atoms with Crippen LogP contribution in [0.3, 0.4) is 0 Å². The van der Waals surface area contributed by atoms with Gasteiger partial charge in [-0.05, 0) is 31.0 Å². The molecule has 19 heavy (non-hydrogen) atoms. The Kier molecular flexibility index (Phi) is 6.38. The van der Waals surface area contributed by atoms with Crippen molar-refractivity contribution in [1.82, 2.24) is 10.2 Å². The zero-order valence-electron chi connectivity index (χ0n) is 11.2. The van der Waals surface area contributed by atoms with Gasteiger partial charge in [-0.3, -0.25) is 10.1 Å². The normalized spacial score (nSPS) is 10.5. The van der Waals surface area contributed by atoms with Crippen LogP contribution in [0.4, 0.5) is 4.79 Å². The number of urea groups is 1. The Bertz CT molecular complexity index is 434. The highest BCUT2D eigenvalue weighted by molar-refractivity contribution is 7.98. The van der Waals surface area contributed by atoms with Crippen LogP contribution in [0.25, 0.3) is 0 Å². The molecule has 0 bridgehead atoms. The molecule has 0 fully saturated rings. The first kappa shape index (κ1) is 15.5. The second kappa shape index (κ2) is 7.81. The van der Waals surface area contributed by atoms with Crippen LogP contribution < -0.4 is 11.1 Å². The molecule has 0 atom stereocenters. The molecule has 0 aliphatic rings. The monoisotopic (exact) mass is 281 g/mol. The minimum atomic E-state index is -0.805. The molecule has 0 aliphatic heterocycles. The standard InChI is InChI=1S/C13H19N3O2S/c1-16(8-7-12(17)15-13(14)18)9-10-3-5-11(19-2)6-4-10/h3-6H,7-9H2,1-2H3,(H3,14,15,17,18). The van der Waals surface area contributed by atoms with E-state index in [9.17, 15) is 9.59 Å². The zero-order chi connectivity index (χ0) is 14.3. The molecular formula is C13H19N3O2S. The minimum absolute atomic E-state index is 0.252. The highest BCUT2D eigenvalue weighted by Gasteiger charge is 2.06. The SMILES string of the molecule is CSc1ccc(CN(C)CCC(=O)NC(N)=O)cc1. The Morgan fingerprint density at radius 1 is 1.32 bits per heavy atom. The van der Waals surface area contributed by atoms with Gasteiger partial charge in [-0.2, -0.15) is 0 Å². The van der Waals surface area contributed by atoms with Gasteiger partial charge in [0.25, 0.3) is 0 Å². The van der Waals surface area contributed by atoms with Crippen molar-refractivity contribution < 1.29 is 9.59 Å². The lowest BCUT2D eigenvalue weighted by molar-refractivity contribution is -0.120. The summed E-state index contributed by atoms with van der Waals surface area (Å²) in [5.41, 5.74) is 6.05. The van der Waals surface area contributed by atoms with Gasteiger partial charge in [0, 0.05) is 24.4 Å². The fourth-order valence-electron chi connectivity index (χ4n) is 1.61. The van der Waals surface area contributed by atoms with Gasteiger partial charge in [0.1, 0.15) is 0 Å². The Morgan fingerprint density at radius 2 is 1.95 bits per heavy atom. The molecule has 1 aromatic rings. The molecule has 0 unspecified atom stereocenters. The minimum Gasteiger partial charge on any atom is -0.351 e. The molecule has 0 aromatic heterocycles. The van der Waals surface area contributed by atoms with E-state index >= 15 is 0 Å². The summed E-state index contributed by atoms with van der Waals surface area (Å²) >= 11 is 1.71. The first-order valence-corrected chi connectivity index (χ1v) is 7.14. The number of rotatable bonds is 6. The van der Waals surface area contributed by atoms with Crippen molar-refractivity contribution in [3.8, 4) is 0 Å². The third kappa shape index (κ3) is 6.26. The lowest BCUT2D eigenvalue weighted by atomic mass is 10.2. The number of carbonyl (C=O) groups excluding carboxylic acids is 2. The fourth-order valence-corrected chi connectivity index (χ4v) is 2.02. The van der Waals surface area contributed by atoms with Crippen molar-refractivity contribution in [2.24, 2.45) is 5.73 Å². The molecule has 6 heteroatoms. The molecule has 104 valence electrons. The van der Waals surface area contributed by atoms with Crippen molar-refractivity contribution in [2.45, 2.75) is 17.9 Å². The first-order valence-electron chi connectivity index (χ1n) is 5.92. The van der Waals surface area contributed by atoms with Crippen LogP contribution in [-0.2, 0) is 11.3 Å². The first-order chi connectivity index (χ1) is 9.01. The maximum absolute atomic E-state index is 11.3. The quantitative estimate of drug-likeness (QED) is 0.773. The second-order valence-corrected chi connectivity index (χ2v) is 5.13. The number of nitrogens with two attached hydrogens (primary N) is 1. The average molecular weight is 281 g/mol. The van der Waals surface area contributed by atoms with Crippen LogP contribution in [0.2, 0.25) is 0 Å². The summed E-state index contributed by atoms with van der Waals surface area (Å²) in [4.78, 5) is 25.0. The van der Waals surface area contributed by atoms with Gasteiger partial charge >= 0.3 is 6.03 Å². The number of hydrogen-bond donors (Lipinski definition) is 2. The van der Waals surface area contributed by atoms with Crippen LogP contribution >= 0.6 is 11.8 Å². The van der Waals surface area contributed by atoms with Gasteiger partial charge in [0.15, 0.2) is 0 Å². The molecule has 1 rings (SSSR count). The Morgan fingerprint density at radius 3 is 2.47 bits per heavy atom. The van der Waals surface area contributed by atoms with Crippen LogP contribution in [-0.4, -0.2) is 36.7 Å². The Hall–Kier alpha value is -1.53. The summed E-state index contributed by atoms with van der Waals surface area (Å²) < 4.78 is 0. The number of hydrogen-bond acceptors (Lipinski definition) is 4. The summed E-state index contributed by atoms with van der Waals surface area (Å²) in [6, 6.07) is 7.50. The number of primary amides is 1. The smallest absolute Gasteiger partial charge is 0.318 e. The van der Waals surface area contributed by atoms with Gasteiger partial charge < -0.3 is 10.6 Å². The number of thioether (sulfide) groups is 1. The van der Waals surface area contributed by atoms with E-state index in [0.29, 0.717) is 6.54 Å². The van der Waals surface area contributed by atoms with E-state index in [0.717, 1.165) is 6.54 Å². The van der Waals surface area contributed by atoms with Gasteiger partial charge in [-0.25, -0.2) is 4.79 Å². The molecule has 0 saturated heterocycles. The zero-order valence-corrected chi connectivity index (χ0v) is 12.0. The highest BCUT2D eigenvalue weighted by atomic mass is 32.2. The number of imide groups is 1. The van der Waals surface area contributed by atoms with Crippen molar-refractivity contribution in [3.63, 3.8) is 0 Å². The van der Waals surface area contributed by atoms with Gasteiger partial charge in [0.05, 0.1) is 0 Å². The van der Waals surface area contributed by atoms with E-state index in [1.165, 1.54) is 10.5 Å². The largest absolute Gasteiger partial charge is 0.351 e. The fraction of sp³-hybridized carbons (Fsp3) is 0.385. The van der Waals surface area contributed by atoms with Crippen molar-refractivity contribution in [3.05, 3.63) is 29.8 Å². The van der Waals surface area contributed by atoms with E-state index in [2.05, 4.69) is 24.3 Å². The third-order valence-corrected chi connectivity index (χ3v) is 3.34. The molecule has 5 nitrogen and oxygen atoms in total. The molecule has 0 saturated carbocycles. The summed E-state index contributed by atoms with van der Waals surface area (Å²) in [6.07, 6.45) is 2.29. The van der Waals surface area contributed by atoms with Crippen molar-refractivity contribution in [2.75, 3.05) is 19.8 Å². The molecule has 3 amide bonds. The number of amides is 3. The Labute approximate surface area is 117 Å². The molecule has 0 heterocycles. The van der Waals surface area contributed by atoms with E-state index in [1.807, 2.05) is 23.5 Å². The van der Waals surface area contributed by atoms with Crippen molar-refractivity contribution in [1.29, 1.82) is 0 Å². The van der Waals surface area contributed by atoms with E-state index in [1.54, 1.807) is 11.8 Å². The van der Waals surface area contributed by atoms with Gasteiger partial charge in [-0.1, -0.05) is 12.1 Å². The van der Waals surface area contributed by atoms with Crippen LogP contribution in [0.5, 0.6) is 0 Å². The molecule has 1 aromatic carbocycles. The third-order valence-electron chi connectivity index (χ3n) is 2.59. The van der Waals surface area contributed by atoms with E-state index in [4.69, 9.17) is 5.73 Å². The average Bonchev–Trinajstić information content (AvgIpc) is 2.36. The highest BCUT2D eigenvalue weighted by Crippen LogP contribution is 2.15. The van der Waals surface area contributed by atoms with Crippen molar-refractivity contribution >= 4 is 23.7 Å². The maximum Gasteiger partial charge on any atom is 0.318 e. The summed E-state index contributed by atoms with van der Waals surface area (Å²) in [6.45, 7) is 1.34. The van der Waals surface area contributed by atoms with Gasteiger partial charge in [-0.15, -0.1) is 11.8 Å². The summed E-state index contributed by atoms with van der Waals surface area (Å²) in [5, 5.41) is 2.05. The lowest BCUT2D eigenvalue weighted by Crippen LogP contribution is -2.36. The molecule has 3 N–H and O–H groups in total.